The minimum absolute atomic E-state index is 0.218. The van der Waals surface area contributed by atoms with Crippen LogP contribution in [0.3, 0.4) is 0 Å². The van der Waals surface area contributed by atoms with Gasteiger partial charge in [-0.2, -0.15) is 0 Å². The largest absolute Gasteiger partial charge is 0.104 e. The van der Waals surface area contributed by atoms with E-state index in [4.69, 9.17) is 0 Å². The summed E-state index contributed by atoms with van der Waals surface area (Å²) in [4.78, 5) is 0. The Kier molecular flexibility index (Phi) is 5.67. The first-order valence-electron chi connectivity index (χ1n) is 7.49. The van der Waals surface area contributed by atoms with Crippen LogP contribution in [0.5, 0.6) is 0 Å². The second-order valence-corrected chi connectivity index (χ2v) is 6.33. The van der Waals surface area contributed by atoms with Crippen LogP contribution in [-0.4, -0.2) is 0 Å². The van der Waals surface area contributed by atoms with Crippen LogP contribution in [0, 0.1) is 11.8 Å². The van der Waals surface area contributed by atoms with Crippen LogP contribution in [0.25, 0.3) is 0 Å². The Morgan fingerprint density at radius 1 is 1.11 bits per heavy atom. The molecule has 104 valence electrons. The van der Waals surface area contributed by atoms with E-state index in [1.165, 1.54) is 16.7 Å². The molecule has 0 aromatic heterocycles. The molecule has 19 heavy (non-hydrogen) atoms. The van der Waals surface area contributed by atoms with Crippen LogP contribution in [0.1, 0.15) is 77.0 Å². The summed E-state index contributed by atoms with van der Waals surface area (Å²) < 4.78 is 0. The van der Waals surface area contributed by atoms with Gasteiger partial charge in [-0.05, 0) is 34.4 Å². The van der Waals surface area contributed by atoms with Gasteiger partial charge in [0, 0.05) is 12.8 Å². The summed E-state index contributed by atoms with van der Waals surface area (Å²) in [5.74, 6) is 7.00. The third-order valence-corrected chi connectivity index (χ3v) is 3.63. The third-order valence-electron chi connectivity index (χ3n) is 3.63. The van der Waals surface area contributed by atoms with Crippen molar-refractivity contribution in [2.75, 3.05) is 0 Å². The average Bonchev–Trinajstić information content (AvgIpc) is 2.37. The number of aryl methyl sites for hydroxylation is 1. The van der Waals surface area contributed by atoms with Crippen LogP contribution < -0.4 is 0 Å². The molecule has 0 bridgehead atoms. The van der Waals surface area contributed by atoms with Gasteiger partial charge in [-0.15, -0.1) is 11.8 Å². The highest BCUT2D eigenvalue weighted by Gasteiger charge is 2.17. The number of rotatable bonds is 3. The van der Waals surface area contributed by atoms with E-state index in [1.54, 1.807) is 0 Å². The van der Waals surface area contributed by atoms with Crippen molar-refractivity contribution in [2.45, 2.75) is 72.1 Å². The highest BCUT2D eigenvalue weighted by atomic mass is 14.2. The lowest BCUT2D eigenvalue weighted by atomic mass is 9.82. The smallest absolute Gasteiger partial charge is 0.0155 e. The van der Waals surface area contributed by atoms with E-state index in [9.17, 15) is 0 Å². The van der Waals surface area contributed by atoms with Gasteiger partial charge in [-0.1, -0.05) is 59.7 Å². The standard InChI is InChI=1S/C19H28/c1-7-9-10-11-15(3)18-14-17(19(4,5)6)13-12-16(18)8-2/h12-15H,7-8,11H2,1-6H3. The van der Waals surface area contributed by atoms with Crippen LogP contribution in [0.2, 0.25) is 0 Å². The number of hydrogen-bond donors (Lipinski definition) is 0. The normalized spacial score (nSPS) is 12.7. The van der Waals surface area contributed by atoms with Crippen molar-refractivity contribution in [1.29, 1.82) is 0 Å². The number of hydrogen-bond acceptors (Lipinski definition) is 0. The fraction of sp³-hybridized carbons (Fsp3) is 0.579. The third kappa shape index (κ3) is 4.43. The maximum atomic E-state index is 3.29. The first kappa shape index (κ1) is 15.8. The highest BCUT2D eigenvalue weighted by Crippen LogP contribution is 2.29. The molecule has 1 aromatic carbocycles. The summed E-state index contributed by atoms with van der Waals surface area (Å²) in [6, 6.07) is 6.99. The van der Waals surface area contributed by atoms with Crippen molar-refractivity contribution >= 4 is 0 Å². The molecule has 0 saturated carbocycles. The summed E-state index contributed by atoms with van der Waals surface area (Å²) in [6.07, 6.45) is 3.02. The first-order valence-corrected chi connectivity index (χ1v) is 7.49. The first-order chi connectivity index (χ1) is 8.90. The van der Waals surface area contributed by atoms with Gasteiger partial charge in [0.05, 0.1) is 0 Å². The Bertz CT molecular complexity index is 463. The molecule has 0 aliphatic heterocycles. The Hall–Kier alpha value is -1.22. The van der Waals surface area contributed by atoms with Crippen LogP contribution in [0.15, 0.2) is 18.2 Å². The van der Waals surface area contributed by atoms with Gasteiger partial charge in [0.2, 0.25) is 0 Å². The van der Waals surface area contributed by atoms with Gasteiger partial charge in [0.25, 0.3) is 0 Å². The van der Waals surface area contributed by atoms with Gasteiger partial charge in [0.1, 0.15) is 0 Å². The molecule has 0 saturated heterocycles. The molecule has 0 heterocycles. The molecule has 0 aliphatic carbocycles. The molecular weight excluding hydrogens is 228 g/mol. The van der Waals surface area contributed by atoms with Crippen LogP contribution in [-0.2, 0) is 11.8 Å². The lowest BCUT2D eigenvalue weighted by Gasteiger charge is -2.23. The monoisotopic (exact) mass is 256 g/mol. The predicted octanol–water partition coefficient (Wildman–Crippen LogP) is 5.45. The Morgan fingerprint density at radius 2 is 1.79 bits per heavy atom. The molecule has 0 N–H and O–H groups in total. The van der Waals surface area contributed by atoms with Crippen molar-refractivity contribution in [3.63, 3.8) is 0 Å². The van der Waals surface area contributed by atoms with Gasteiger partial charge >= 0.3 is 0 Å². The molecule has 0 amide bonds. The van der Waals surface area contributed by atoms with Crippen molar-refractivity contribution in [1.82, 2.24) is 0 Å². The topological polar surface area (TPSA) is 0 Å². The Morgan fingerprint density at radius 3 is 2.32 bits per heavy atom. The van der Waals surface area contributed by atoms with E-state index in [0.29, 0.717) is 5.92 Å². The predicted molar refractivity (Wildman–Crippen MR) is 85.6 cm³/mol. The van der Waals surface area contributed by atoms with Crippen molar-refractivity contribution in [2.24, 2.45) is 0 Å². The summed E-state index contributed by atoms with van der Waals surface area (Å²) in [5, 5.41) is 0. The Balaban J connectivity index is 3.08. The molecule has 1 unspecified atom stereocenters. The van der Waals surface area contributed by atoms with E-state index >= 15 is 0 Å². The maximum Gasteiger partial charge on any atom is 0.0155 e. The molecule has 0 fully saturated rings. The SMILES string of the molecule is CCC#CCC(C)c1cc(C(C)(C)C)ccc1CC. The number of benzene rings is 1. The second kappa shape index (κ2) is 6.80. The molecular formula is C19H28. The zero-order chi connectivity index (χ0) is 14.5. The van der Waals surface area contributed by atoms with Crippen LogP contribution >= 0.6 is 0 Å². The van der Waals surface area contributed by atoms with E-state index in [1.807, 2.05) is 0 Å². The molecule has 1 atom stereocenters. The fourth-order valence-electron chi connectivity index (χ4n) is 2.30. The van der Waals surface area contributed by atoms with Gasteiger partial charge in [-0.25, -0.2) is 0 Å². The summed E-state index contributed by atoms with van der Waals surface area (Å²) in [7, 11) is 0. The lowest BCUT2D eigenvalue weighted by molar-refractivity contribution is 0.587. The minimum atomic E-state index is 0.218. The quantitative estimate of drug-likeness (QED) is 0.630. The van der Waals surface area contributed by atoms with Gasteiger partial charge in [-0.3, -0.25) is 0 Å². The van der Waals surface area contributed by atoms with Crippen LogP contribution in [0.4, 0.5) is 0 Å². The zero-order valence-electron chi connectivity index (χ0n) is 13.4. The maximum absolute atomic E-state index is 3.29. The van der Waals surface area contributed by atoms with E-state index in [2.05, 4.69) is 71.6 Å². The van der Waals surface area contributed by atoms with Gasteiger partial charge < -0.3 is 0 Å². The summed E-state index contributed by atoms with van der Waals surface area (Å²) in [6.45, 7) is 13.5. The second-order valence-electron chi connectivity index (χ2n) is 6.33. The minimum Gasteiger partial charge on any atom is -0.104 e. The Labute approximate surface area is 119 Å². The molecule has 0 nitrogen and oxygen atoms in total. The molecule has 1 rings (SSSR count). The van der Waals surface area contributed by atoms with Gasteiger partial charge in [0.15, 0.2) is 0 Å². The summed E-state index contributed by atoms with van der Waals surface area (Å²) in [5.41, 5.74) is 4.60. The van der Waals surface area contributed by atoms with E-state index < -0.39 is 0 Å². The molecule has 0 radical (unpaired) electrons. The zero-order valence-corrected chi connectivity index (χ0v) is 13.4. The van der Waals surface area contributed by atoms with E-state index in [0.717, 1.165) is 19.3 Å². The molecule has 0 heteroatoms. The highest BCUT2D eigenvalue weighted by molar-refractivity contribution is 5.38. The van der Waals surface area contributed by atoms with E-state index in [-0.39, 0.29) is 5.41 Å². The lowest BCUT2D eigenvalue weighted by Crippen LogP contribution is -2.12. The van der Waals surface area contributed by atoms with Crippen molar-refractivity contribution in [3.05, 3.63) is 34.9 Å². The average molecular weight is 256 g/mol. The molecule has 0 aliphatic rings. The van der Waals surface area contributed by atoms with Crippen molar-refractivity contribution in [3.8, 4) is 11.8 Å². The summed E-state index contributed by atoms with van der Waals surface area (Å²) >= 11 is 0. The fourth-order valence-corrected chi connectivity index (χ4v) is 2.30. The molecule has 1 aromatic rings. The molecule has 0 spiro atoms. The van der Waals surface area contributed by atoms with Crippen molar-refractivity contribution < 1.29 is 0 Å².